The fourth-order valence-electron chi connectivity index (χ4n) is 2.98. The van der Waals surface area contributed by atoms with E-state index in [2.05, 4.69) is 26.3 Å². The summed E-state index contributed by atoms with van der Waals surface area (Å²) in [5.41, 5.74) is 2.56. The molecule has 1 aromatic heterocycles. The maximum Gasteiger partial charge on any atom is 0.0739 e. The lowest BCUT2D eigenvalue weighted by atomic mass is 9.75. The topological polar surface area (TPSA) is 29.9 Å². The maximum atomic E-state index is 6.22. The Bertz CT molecular complexity index is 425. The van der Waals surface area contributed by atoms with Crippen molar-refractivity contribution in [3.05, 3.63) is 15.9 Å². The molecule has 108 valence electrons. The molecule has 0 spiro atoms. The first-order valence-electron chi connectivity index (χ1n) is 7.03. The fourth-order valence-corrected chi connectivity index (χ4v) is 3.82. The molecule has 19 heavy (non-hydrogen) atoms. The number of hydrogen-bond donors (Lipinski definition) is 1. The molecule has 0 saturated heterocycles. The van der Waals surface area contributed by atoms with Crippen LogP contribution in [0, 0.1) is 12.3 Å². The van der Waals surface area contributed by atoms with Crippen molar-refractivity contribution < 1.29 is 0 Å². The number of nitrogens with one attached hydrogen (secondary N) is 1. The minimum absolute atomic E-state index is 0.305. The molecule has 1 aliphatic rings. The summed E-state index contributed by atoms with van der Waals surface area (Å²) in [5.74, 6) is 0.769. The van der Waals surface area contributed by atoms with E-state index in [1.54, 1.807) is 0 Å². The lowest BCUT2D eigenvalue weighted by Gasteiger charge is -2.35. The van der Waals surface area contributed by atoms with Crippen LogP contribution < -0.4 is 5.32 Å². The van der Waals surface area contributed by atoms with Gasteiger partial charge in [-0.1, -0.05) is 19.3 Å². The van der Waals surface area contributed by atoms with E-state index in [-0.39, 0.29) is 0 Å². The predicted octanol–water partition coefficient (Wildman–Crippen LogP) is 3.77. The minimum Gasteiger partial charge on any atom is -0.311 e. The van der Waals surface area contributed by atoms with E-state index in [0.717, 1.165) is 29.1 Å². The van der Waals surface area contributed by atoms with Crippen molar-refractivity contribution >= 4 is 27.5 Å². The van der Waals surface area contributed by atoms with E-state index in [9.17, 15) is 0 Å². The maximum absolute atomic E-state index is 6.22. The van der Waals surface area contributed by atoms with Crippen LogP contribution in [0.4, 0.5) is 0 Å². The number of rotatable bonds is 5. The van der Waals surface area contributed by atoms with Gasteiger partial charge in [0, 0.05) is 26.0 Å². The molecule has 0 unspecified atom stereocenters. The van der Waals surface area contributed by atoms with Gasteiger partial charge in [-0.2, -0.15) is 5.10 Å². The van der Waals surface area contributed by atoms with Crippen molar-refractivity contribution in [1.29, 1.82) is 0 Å². The van der Waals surface area contributed by atoms with Gasteiger partial charge >= 0.3 is 0 Å². The molecule has 1 aromatic rings. The Morgan fingerprint density at radius 3 is 2.58 bits per heavy atom. The van der Waals surface area contributed by atoms with Crippen LogP contribution in [0.3, 0.4) is 0 Å². The van der Waals surface area contributed by atoms with Gasteiger partial charge in [0.1, 0.15) is 0 Å². The van der Waals surface area contributed by atoms with Gasteiger partial charge in [-0.05, 0) is 41.1 Å². The summed E-state index contributed by atoms with van der Waals surface area (Å²) in [7, 11) is 1.99. The van der Waals surface area contributed by atoms with Crippen LogP contribution in [-0.2, 0) is 13.6 Å². The Balaban J connectivity index is 1.92. The molecule has 5 heteroatoms. The summed E-state index contributed by atoms with van der Waals surface area (Å²) in [6.07, 6.45) is 6.53. The molecule has 0 atom stereocenters. The number of aryl methyl sites for hydroxylation is 2. The van der Waals surface area contributed by atoms with Crippen molar-refractivity contribution in [2.45, 2.75) is 45.6 Å². The monoisotopic (exact) mass is 347 g/mol. The van der Waals surface area contributed by atoms with E-state index in [1.165, 1.54) is 37.8 Å². The molecular weight excluding hydrogens is 326 g/mol. The second-order valence-electron chi connectivity index (χ2n) is 5.77. The van der Waals surface area contributed by atoms with Gasteiger partial charge in [0.05, 0.1) is 15.9 Å². The van der Waals surface area contributed by atoms with Crippen molar-refractivity contribution in [2.24, 2.45) is 12.5 Å². The highest BCUT2D eigenvalue weighted by molar-refractivity contribution is 9.10. The Morgan fingerprint density at radius 1 is 1.37 bits per heavy atom. The van der Waals surface area contributed by atoms with Crippen LogP contribution in [0.1, 0.15) is 43.5 Å². The van der Waals surface area contributed by atoms with E-state index < -0.39 is 0 Å². The molecule has 1 saturated carbocycles. The number of halogens is 2. The Kier molecular flexibility index (Phi) is 5.32. The summed E-state index contributed by atoms with van der Waals surface area (Å²) in [4.78, 5) is 0. The smallest absolute Gasteiger partial charge is 0.0739 e. The van der Waals surface area contributed by atoms with Crippen LogP contribution in [0.5, 0.6) is 0 Å². The molecule has 2 rings (SSSR count). The predicted molar refractivity (Wildman–Crippen MR) is 83.6 cm³/mol. The first-order chi connectivity index (χ1) is 9.08. The zero-order valence-corrected chi connectivity index (χ0v) is 14.1. The molecule has 0 amide bonds. The largest absolute Gasteiger partial charge is 0.311 e. The summed E-state index contributed by atoms with van der Waals surface area (Å²) in [6, 6.07) is 0. The standard InChI is InChI=1S/C14H23BrClN3/c1-11-13(15)12(19(2)18-11)8-17-10-14(9-16)6-4-3-5-7-14/h17H,3-10H2,1-2H3. The summed E-state index contributed by atoms with van der Waals surface area (Å²) in [6.45, 7) is 3.87. The van der Waals surface area contributed by atoms with Crippen LogP contribution in [0.2, 0.25) is 0 Å². The van der Waals surface area contributed by atoms with Gasteiger partial charge in [-0.15, -0.1) is 11.6 Å². The lowest BCUT2D eigenvalue weighted by molar-refractivity contribution is 0.211. The highest BCUT2D eigenvalue weighted by Crippen LogP contribution is 2.36. The Morgan fingerprint density at radius 2 is 2.05 bits per heavy atom. The van der Waals surface area contributed by atoms with Gasteiger partial charge in [0.2, 0.25) is 0 Å². The molecular formula is C14H23BrClN3. The summed E-state index contributed by atoms with van der Waals surface area (Å²) >= 11 is 9.83. The van der Waals surface area contributed by atoms with Crippen molar-refractivity contribution in [2.75, 3.05) is 12.4 Å². The number of aromatic nitrogens is 2. The average Bonchev–Trinajstić information content (AvgIpc) is 2.66. The first-order valence-corrected chi connectivity index (χ1v) is 8.35. The van der Waals surface area contributed by atoms with Gasteiger partial charge in [0.15, 0.2) is 0 Å². The number of nitrogens with zero attached hydrogens (tertiary/aromatic N) is 2. The molecule has 0 bridgehead atoms. The zero-order chi connectivity index (χ0) is 13.9. The highest BCUT2D eigenvalue weighted by Gasteiger charge is 2.30. The van der Waals surface area contributed by atoms with E-state index in [4.69, 9.17) is 11.6 Å². The quantitative estimate of drug-likeness (QED) is 0.821. The zero-order valence-electron chi connectivity index (χ0n) is 11.8. The van der Waals surface area contributed by atoms with Crippen LogP contribution in [-0.4, -0.2) is 22.2 Å². The Labute approximate surface area is 129 Å². The van der Waals surface area contributed by atoms with Crippen molar-refractivity contribution in [3.8, 4) is 0 Å². The molecule has 1 fully saturated rings. The third-order valence-corrected chi connectivity index (χ3v) is 5.85. The van der Waals surface area contributed by atoms with Gasteiger partial charge in [-0.3, -0.25) is 4.68 Å². The Hall–Kier alpha value is -0.0600. The normalized spacial score (nSPS) is 18.7. The first kappa shape index (κ1) is 15.3. The minimum atomic E-state index is 0.305. The van der Waals surface area contributed by atoms with E-state index in [0.29, 0.717) is 5.41 Å². The third-order valence-electron chi connectivity index (χ3n) is 4.25. The second kappa shape index (κ2) is 6.59. The summed E-state index contributed by atoms with van der Waals surface area (Å²) < 4.78 is 3.06. The second-order valence-corrected chi connectivity index (χ2v) is 6.83. The molecule has 3 nitrogen and oxygen atoms in total. The fraction of sp³-hybridized carbons (Fsp3) is 0.786. The number of alkyl halides is 1. The molecule has 0 aliphatic heterocycles. The van der Waals surface area contributed by atoms with Crippen molar-refractivity contribution in [1.82, 2.24) is 15.1 Å². The van der Waals surface area contributed by atoms with Gasteiger partial charge < -0.3 is 5.32 Å². The summed E-state index contributed by atoms with van der Waals surface area (Å²) in [5, 5.41) is 8.00. The molecule has 0 radical (unpaired) electrons. The molecule has 1 N–H and O–H groups in total. The van der Waals surface area contributed by atoms with E-state index >= 15 is 0 Å². The van der Waals surface area contributed by atoms with E-state index in [1.807, 2.05) is 18.7 Å². The van der Waals surface area contributed by atoms with Crippen LogP contribution in [0.25, 0.3) is 0 Å². The third kappa shape index (κ3) is 3.53. The van der Waals surface area contributed by atoms with Crippen LogP contribution >= 0.6 is 27.5 Å². The lowest BCUT2D eigenvalue weighted by Crippen LogP contribution is -2.37. The van der Waals surface area contributed by atoms with Crippen molar-refractivity contribution in [3.63, 3.8) is 0 Å². The SMILES string of the molecule is Cc1nn(C)c(CNCC2(CCl)CCCCC2)c1Br. The molecule has 0 aromatic carbocycles. The highest BCUT2D eigenvalue weighted by atomic mass is 79.9. The number of hydrogen-bond acceptors (Lipinski definition) is 2. The van der Waals surface area contributed by atoms with Gasteiger partial charge in [-0.25, -0.2) is 0 Å². The molecule has 1 heterocycles. The molecule has 1 aliphatic carbocycles. The van der Waals surface area contributed by atoms with Gasteiger partial charge in [0.25, 0.3) is 0 Å². The van der Waals surface area contributed by atoms with Crippen LogP contribution in [0.15, 0.2) is 4.47 Å². The average molecular weight is 349 g/mol.